The van der Waals surface area contributed by atoms with Crippen LogP contribution in [0.4, 0.5) is 10.5 Å². The van der Waals surface area contributed by atoms with Gasteiger partial charge in [0.2, 0.25) is 0 Å². The zero-order valence-electron chi connectivity index (χ0n) is 9.80. The molecule has 4 nitrogen and oxygen atoms in total. The molecule has 2 fully saturated rings. The van der Waals surface area contributed by atoms with Gasteiger partial charge in [-0.15, -0.1) is 0 Å². The van der Waals surface area contributed by atoms with E-state index in [4.69, 9.17) is 0 Å². The third kappa shape index (κ3) is 1.89. The van der Waals surface area contributed by atoms with E-state index in [0.717, 1.165) is 38.3 Å². The summed E-state index contributed by atoms with van der Waals surface area (Å²) in [6.07, 6.45) is 1.05. The first-order valence-corrected chi connectivity index (χ1v) is 6.20. The Morgan fingerprint density at radius 1 is 1.18 bits per heavy atom. The molecule has 0 saturated carbocycles. The van der Waals surface area contributed by atoms with Crippen molar-refractivity contribution in [3.63, 3.8) is 0 Å². The summed E-state index contributed by atoms with van der Waals surface area (Å²) < 4.78 is 0. The third-order valence-corrected chi connectivity index (χ3v) is 3.58. The van der Waals surface area contributed by atoms with Crippen LogP contribution in [0.2, 0.25) is 0 Å². The highest BCUT2D eigenvalue weighted by Crippen LogP contribution is 2.23. The molecule has 1 unspecified atom stereocenters. The second-order valence-electron chi connectivity index (χ2n) is 4.61. The third-order valence-electron chi connectivity index (χ3n) is 3.58. The zero-order chi connectivity index (χ0) is 11.7. The highest BCUT2D eigenvalue weighted by atomic mass is 16.2. The van der Waals surface area contributed by atoms with E-state index in [1.165, 1.54) is 0 Å². The van der Waals surface area contributed by atoms with Gasteiger partial charge in [0.15, 0.2) is 0 Å². The fraction of sp³-hybridized carbons (Fsp3) is 0.462. The molecule has 0 radical (unpaired) electrons. The Hall–Kier alpha value is -1.55. The molecule has 2 aliphatic rings. The Balaban J connectivity index is 1.82. The van der Waals surface area contributed by atoms with Gasteiger partial charge in [-0.1, -0.05) is 18.2 Å². The first kappa shape index (κ1) is 10.6. The zero-order valence-corrected chi connectivity index (χ0v) is 9.80. The summed E-state index contributed by atoms with van der Waals surface area (Å²) in [7, 11) is 0. The number of hydrogen-bond acceptors (Lipinski definition) is 2. The molecule has 90 valence electrons. The van der Waals surface area contributed by atoms with Gasteiger partial charge in [0, 0.05) is 37.9 Å². The number of amides is 2. The predicted molar refractivity (Wildman–Crippen MR) is 67.2 cm³/mol. The number of anilines is 1. The number of nitrogens with zero attached hydrogens (tertiary/aromatic N) is 2. The summed E-state index contributed by atoms with van der Waals surface area (Å²) >= 11 is 0. The molecule has 4 heteroatoms. The molecule has 1 N–H and O–H groups in total. The van der Waals surface area contributed by atoms with E-state index in [1.54, 1.807) is 0 Å². The van der Waals surface area contributed by atoms with Crippen molar-refractivity contribution < 1.29 is 4.79 Å². The molecule has 3 rings (SSSR count). The number of carbonyl (C=O) groups is 1. The highest BCUT2D eigenvalue weighted by Gasteiger charge is 2.34. The number of urea groups is 1. The summed E-state index contributed by atoms with van der Waals surface area (Å²) in [5.41, 5.74) is 1.01. The molecule has 0 spiro atoms. The molecule has 1 atom stereocenters. The van der Waals surface area contributed by atoms with Crippen LogP contribution < -0.4 is 10.2 Å². The lowest BCUT2D eigenvalue weighted by atomic mass is 10.1. The molecule has 0 bridgehead atoms. The van der Waals surface area contributed by atoms with Crippen LogP contribution in [0.1, 0.15) is 6.42 Å². The lowest BCUT2D eigenvalue weighted by Crippen LogP contribution is -2.61. The maximum atomic E-state index is 12.4. The van der Waals surface area contributed by atoms with Crippen molar-refractivity contribution in [3.05, 3.63) is 30.3 Å². The van der Waals surface area contributed by atoms with E-state index in [2.05, 4.69) is 5.32 Å². The second kappa shape index (κ2) is 4.37. The number of benzene rings is 1. The second-order valence-corrected chi connectivity index (χ2v) is 4.61. The van der Waals surface area contributed by atoms with Crippen LogP contribution in [-0.2, 0) is 0 Å². The van der Waals surface area contributed by atoms with Gasteiger partial charge in [-0.05, 0) is 18.6 Å². The normalized spacial score (nSPS) is 24.7. The van der Waals surface area contributed by atoms with E-state index in [1.807, 2.05) is 40.1 Å². The number of para-hydroxylation sites is 1. The van der Waals surface area contributed by atoms with E-state index in [-0.39, 0.29) is 6.03 Å². The average molecular weight is 231 g/mol. The fourth-order valence-corrected chi connectivity index (χ4v) is 2.65. The van der Waals surface area contributed by atoms with Crippen LogP contribution in [0, 0.1) is 0 Å². The van der Waals surface area contributed by atoms with Crippen LogP contribution in [-0.4, -0.2) is 43.2 Å². The number of piperazine rings is 1. The lowest BCUT2D eigenvalue weighted by molar-refractivity contribution is 0.147. The largest absolute Gasteiger partial charge is 0.324 e. The van der Waals surface area contributed by atoms with Crippen molar-refractivity contribution in [2.45, 2.75) is 12.5 Å². The Morgan fingerprint density at radius 3 is 2.82 bits per heavy atom. The number of rotatable bonds is 1. The van der Waals surface area contributed by atoms with Gasteiger partial charge >= 0.3 is 6.03 Å². The molecular formula is C13H17N3O. The van der Waals surface area contributed by atoms with Crippen LogP contribution in [0.5, 0.6) is 0 Å². The van der Waals surface area contributed by atoms with E-state index >= 15 is 0 Å². The maximum absolute atomic E-state index is 12.4. The smallest absolute Gasteiger partial charge is 0.319 e. The number of hydrogen-bond donors (Lipinski definition) is 1. The summed E-state index contributed by atoms with van der Waals surface area (Å²) in [6.45, 7) is 3.50. The van der Waals surface area contributed by atoms with E-state index < -0.39 is 0 Å². The first-order valence-electron chi connectivity index (χ1n) is 6.20. The standard InChI is InChI=1S/C13H17N3O/c17-13-15(11-4-2-1-3-5-11)8-6-12-10-14-7-9-16(12)13/h1-5,12,14H,6-10H2. The van der Waals surface area contributed by atoms with Crippen molar-refractivity contribution in [1.82, 2.24) is 10.2 Å². The maximum Gasteiger partial charge on any atom is 0.324 e. The molecule has 2 saturated heterocycles. The van der Waals surface area contributed by atoms with Gasteiger partial charge in [0.1, 0.15) is 0 Å². The summed E-state index contributed by atoms with van der Waals surface area (Å²) in [5, 5.41) is 3.35. The van der Waals surface area contributed by atoms with Gasteiger partial charge in [-0.2, -0.15) is 0 Å². The van der Waals surface area contributed by atoms with E-state index in [0.29, 0.717) is 6.04 Å². The molecular weight excluding hydrogens is 214 g/mol. The number of nitrogens with one attached hydrogen (secondary N) is 1. The van der Waals surface area contributed by atoms with Gasteiger partial charge < -0.3 is 10.2 Å². The molecule has 2 aliphatic heterocycles. The Morgan fingerprint density at radius 2 is 2.00 bits per heavy atom. The summed E-state index contributed by atoms with van der Waals surface area (Å²) in [4.78, 5) is 16.3. The topological polar surface area (TPSA) is 35.6 Å². The molecule has 1 aromatic rings. The molecule has 0 aliphatic carbocycles. The average Bonchev–Trinajstić information content (AvgIpc) is 2.40. The SMILES string of the molecule is O=C1N(c2ccccc2)CCC2CNCCN12. The fourth-order valence-electron chi connectivity index (χ4n) is 2.65. The van der Waals surface area contributed by atoms with Gasteiger partial charge in [0.25, 0.3) is 0 Å². The van der Waals surface area contributed by atoms with Crippen LogP contribution in [0.15, 0.2) is 30.3 Å². The van der Waals surface area contributed by atoms with Crippen LogP contribution in [0.25, 0.3) is 0 Å². The molecule has 1 aromatic carbocycles. The minimum absolute atomic E-state index is 0.161. The quantitative estimate of drug-likeness (QED) is 0.790. The highest BCUT2D eigenvalue weighted by molar-refractivity contribution is 5.93. The van der Waals surface area contributed by atoms with Crippen molar-refractivity contribution in [2.75, 3.05) is 31.1 Å². The predicted octanol–water partition coefficient (Wildman–Crippen LogP) is 1.29. The van der Waals surface area contributed by atoms with Gasteiger partial charge in [-0.3, -0.25) is 4.90 Å². The Kier molecular flexibility index (Phi) is 2.73. The molecule has 2 amide bonds. The van der Waals surface area contributed by atoms with Crippen LogP contribution in [0.3, 0.4) is 0 Å². The number of carbonyl (C=O) groups excluding carboxylic acids is 1. The Labute approximate surface area is 101 Å². The lowest BCUT2D eigenvalue weighted by Gasteiger charge is -2.44. The molecule has 17 heavy (non-hydrogen) atoms. The van der Waals surface area contributed by atoms with Crippen molar-refractivity contribution in [3.8, 4) is 0 Å². The summed E-state index contributed by atoms with van der Waals surface area (Å²) in [5.74, 6) is 0. The van der Waals surface area contributed by atoms with Gasteiger partial charge in [-0.25, -0.2) is 4.79 Å². The Bertz CT molecular complexity index is 406. The van der Waals surface area contributed by atoms with E-state index in [9.17, 15) is 4.79 Å². The molecule has 2 heterocycles. The van der Waals surface area contributed by atoms with Crippen molar-refractivity contribution >= 4 is 11.7 Å². The van der Waals surface area contributed by atoms with Crippen molar-refractivity contribution in [1.29, 1.82) is 0 Å². The minimum Gasteiger partial charge on any atom is -0.319 e. The van der Waals surface area contributed by atoms with Crippen molar-refractivity contribution in [2.24, 2.45) is 0 Å². The monoisotopic (exact) mass is 231 g/mol. The van der Waals surface area contributed by atoms with Gasteiger partial charge in [0.05, 0.1) is 0 Å². The first-order chi connectivity index (χ1) is 8.36. The minimum atomic E-state index is 0.161. The van der Waals surface area contributed by atoms with Crippen LogP contribution >= 0.6 is 0 Å². The number of fused-ring (bicyclic) bond motifs is 1. The molecule has 0 aromatic heterocycles. The summed E-state index contributed by atoms with van der Waals surface area (Å²) in [6, 6.07) is 10.5.